The van der Waals surface area contributed by atoms with Crippen molar-refractivity contribution in [2.45, 2.75) is 85.8 Å². The third-order valence-electron chi connectivity index (χ3n) is 7.41. The maximum atomic E-state index is 14.2. The van der Waals surface area contributed by atoms with Crippen LogP contribution in [0.4, 0.5) is 0 Å². The number of allylic oxidation sites excluding steroid dienone is 1. The quantitative estimate of drug-likeness (QED) is 0.177. The summed E-state index contributed by atoms with van der Waals surface area (Å²) in [4.78, 5) is 44.7. The van der Waals surface area contributed by atoms with Crippen LogP contribution in [-0.4, -0.2) is 84.9 Å². The van der Waals surface area contributed by atoms with Crippen LogP contribution in [0.15, 0.2) is 25.3 Å². The van der Waals surface area contributed by atoms with E-state index in [9.17, 15) is 19.5 Å². The molecule has 0 aliphatic carbocycles. The van der Waals surface area contributed by atoms with Gasteiger partial charge in [-0.2, -0.15) is 0 Å². The Hall–Kier alpha value is -1.32. The summed E-state index contributed by atoms with van der Waals surface area (Å²) in [6.07, 6.45) is 6.61. The van der Waals surface area contributed by atoms with Crippen LogP contribution in [0, 0.1) is 11.8 Å². The van der Waals surface area contributed by atoms with Crippen molar-refractivity contribution < 1.29 is 24.2 Å². The lowest BCUT2D eigenvalue weighted by molar-refractivity contribution is -0.154. The molecule has 1 spiro atoms. The van der Waals surface area contributed by atoms with Gasteiger partial charge in [0.2, 0.25) is 11.8 Å². The lowest BCUT2D eigenvalue weighted by Crippen LogP contribution is -2.60. The minimum Gasteiger partial charge on any atom is -0.465 e. The summed E-state index contributed by atoms with van der Waals surface area (Å²) < 4.78 is 4.89. The van der Waals surface area contributed by atoms with Crippen LogP contribution in [0.5, 0.6) is 0 Å². The lowest BCUT2D eigenvalue weighted by atomic mass is 9.71. The van der Waals surface area contributed by atoms with Crippen LogP contribution in [-0.2, 0) is 19.1 Å². The molecule has 1 N–H and O–H groups in total. The molecule has 0 aromatic rings. The van der Waals surface area contributed by atoms with Crippen molar-refractivity contribution in [3.63, 3.8) is 0 Å². The van der Waals surface area contributed by atoms with Gasteiger partial charge in [0, 0.05) is 22.2 Å². The van der Waals surface area contributed by atoms with Crippen LogP contribution < -0.4 is 0 Å². The third kappa shape index (κ3) is 4.97. The fourth-order valence-electron chi connectivity index (χ4n) is 5.81. The Morgan fingerprint density at radius 2 is 2.03 bits per heavy atom. The number of nitrogens with zero attached hydrogens (tertiary/aromatic N) is 2. The predicted octanol–water partition coefficient (Wildman–Crippen LogP) is 3.54. The molecule has 3 heterocycles. The van der Waals surface area contributed by atoms with E-state index in [2.05, 4.69) is 29.1 Å². The number of alkyl halides is 1. The molecular weight excluding hydrogens is 532 g/mol. The van der Waals surface area contributed by atoms with Gasteiger partial charge in [-0.3, -0.25) is 14.4 Å². The number of esters is 1. The Morgan fingerprint density at radius 3 is 2.60 bits per heavy atom. The maximum Gasteiger partial charge on any atom is 0.310 e. The number of carbonyl (C=O) groups is 3. The van der Waals surface area contributed by atoms with E-state index < -0.39 is 34.2 Å². The summed E-state index contributed by atoms with van der Waals surface area (Å²) >= 11 is 5.34. The normalized spacial score (nSPS) is 32.3. The first-order valence-corrected chi connectivity index (χ1v) is 14.2. The highest BCUT2D eigenvalue weighted by molar-refractivity contribution is 9.09. The number of carbonyl (C=O) groups excluding carboxylic acids is 3. The number of unbranched alkanes of at least 4 members (excludes halogenated alkanes) is 2. The standard InChI is InChI=1S/C26H39BrN2O5S/c1-7-9-10-11-13-34-24(33)18-19-22(31)29(16(3)15-30)21(26(19)14-17(27)20(18)35-26)23(32)28(12-8-2)25(4,5)6/h7-8,16-21,30H,1-2,9-15H2,3-6H3/t16-,17?,18-,19+,20-,21?,26?/m1/s1. The maximum absolute atomic E-state index is 14.2. The smallest absolute Gasteiger partial charge is 0.310 e. The van der Waals surface area contributed by atoms with Gasteiger partial charge in [-0.05, 0) is 53.4 Å². The first kappa shape index (κ1) is 28.3. The van der Waals surface area contributed by atoms with E-state index in [1.54, 1.807) is 34.6 Å². The molecule has 3 saturated heterocycles. The highest BCUT2D eigenvalue weighted by Gasteiger charge is 2.76. The molecule has 3 fully saturated rings. The second-order valence-electron chi connectivity index (χ2n) is 10.8. The van der Waals surface area contributed by atoms with Gasteiger partial charge in [-0.25, -0.2) is 0 Å². The average Bonchev–Trinajstić information content (AvgIpc) is 3.38. The number of aliphatic hydroxyl groups is 1. The largest absolute Gasteiger partial charge is 0.465 e. The summed E-state index contributed by atoms with van der Waals surface area (Å²) in [5.41, 5.74) is -0.490. The second-order valence-corrected chi connectivity index (χ2v) is 13.5. The number of thioether (sulfide) groups is 1. The molecule has 2 amide bonds. The van der Waals surface area contributed by atoms with Gasteiger partial charge in [0.15, 0.2) is 0 Å². The van der Waals surface area contributed by atoms with Gasteiger partial charge in [0.25, 0.3) is 0 Å². The van der Waals surface area contributed by atoms with Crippen molar-refractivity contribution >= 4 is 45.5 Å². The number of aliphatic hydroxyl groups excluding tert-OH is 1. The van der Waals surface area contributed by atoms with E-state index in [1.807, 2.05) is 26.8 Å². The van der Waals surface area contributed by atoms with Gasteiger partial charge in [0.05, 0.1) is 35.8 Å². The third-order valence-corrected chi connectivity index (χ3v) is 10.6. The van der Waals surface area contributed by atoms with Crippen molar-refractivity contribution in [3.8, 4) is 0 Å². The molecule has 0 aromatic carbocycles. The van der Waals surface area contributed by atoms with Crippen molar-refractivity contribution in [2.24, 2.45) is 11.8 Å². The minimum absolute atomic E-state index is 0.0166. The van der Waals surface area contributed by atoms with Gasteiger partial charge >= 0.3 is 5.97 Å². The Morgan fingerprint density at radius 1 is 1.34 bits per heavy atom. The Kier molecular flexibility index (Phi) is 8.86. The van der Waals surface area contributed by atoms with E-state index in [0.717, 1.165) is 19.3 Å². The van der Waals surface area contributed by atoms with Crippen LogP contribution >= 0.6 is 27.7 Å². The van der Waals surface area contributed by atoms with Gasteiger partial charge in [-0.1, -0.05) is 28.1 Å². The van der Waals surface area contributed by atoms with Crippen molar-refractivity contribution in [1.82, 2.24) is 9.80 Å². The second kappa shape index (κ2) is 11.0. The Bertz CT molecular complexity index is 861. The SMILES string of the molecule is C=CCCCCOC(=O)[C@H]1[C@@H]2SC3(CC2Br)C(C(=O)N(CC=C)C(C)(C)C)N([C@H](C)CO)C(=O)[C@H]13. The van der Waals surface area contributed by atoms with Crippen molar-refractivity contribution in [3.05, 3.63) is 25.3 Å². The number of amides is 2. The summed E-state index contributed by atoms with van der Waals surface area (Å²) in [6, 6.07) is -1.33. The molecule has 0 saturated carbocycles. The molecular formula is C26H39BrN2O5S. The van der Waals surface area contributed by atoms with E-state index in [-0.39, 0.29) is 34.5 Å². The van der Waals surface area contributed by atoms with E-state index in [4.69, 9.17) is 4.74 Å². The van der Waals surface area contributed by atoms with E-state index >= 15 is 0 Å². The first-order chi connectivity index (χ1) is 16.5. The zero-order valence-electron chi connectivity index (χ0n) is 21.2. The summed E-state index contributed by atoms with van der Waals surface area (Å²) in [5, 5.41) is 9.86. The molecule has 7 nitrogen and oxygen atoms in total. The number of rotatable bonds is 11. The molecule has 7 atom stereocenters. The zero-order chi connectivity index (χ0) is 26.1. The highest BCUT2D eigenvalue weighted by Crippen LogP contribution is 2.68. The fraction of sp³-hybridized carbons (Fsp3) is 0.731. The van der Waals surface area contributed by atoms with Crippen LogP contribution in [0.2, 0.25) is 0 Å². The molecule has 3 rings (SSSR count). The number of hydrogen-bond donors (Lipinski definition) is 1. The van der Waals surface area contributed by atoms with Crippen LogP contribution in [0.1, 0.15) is 53.4 Å². The van der Waals surface area contributed by atoms with Gasteiger partial charge in [-0.15, -0.1) is 24.9 Å². The zero-order valence-corrected chi connectivity index (χ0v) is 23.6. The number of ether oxygens (including phenoxy) is 1. The number of fused-ring (bicyclic) bond motifs is 1. The van der Waals surface area contributed by atoms with E-state index in [1.165, 1.54) is 0 Å². The molecule has 35 heavy (non-hydrogen) atoms. The van der Waals surface area contributed by atoms with Gasteiger partial charge < -0.3 is 19.6 Å². The molecule has 3 unspecified atom stereocenters. The average molecular weight is 572 g/mol. The monoisotopic (exact) mass is 570 g/mol. The molecule has 0 radical (unpaired) electrons. The Labute approximate surface area is 221 Å². The number of halogens is 1. The minimum atomic E-state index is -0.776. The number of hydrogen-bond acceptors (Lipinski definition) is 6. The van der Waals surface area contributed by atoms with Crippen molar-refractivity contribution in [1.29, 1.82) is 0 Å². The topological polar surface area (TPSA) is 87.2 Å². The lowest BCUT2D eigenvalue weighted by Gasteiger charge is -2.43. The molecule has 2 bridgehead atoms. The number of likely N-dealkylation sites (tertiary alicyclic amines) is 1. The summed E-state index contributed by atoms with van der Waals surface area (Å²) in [7, 11) is 0. The van der Waals surface area contributed by atoms with Crippen molar-refractivity contribution in [2.75, 3.05) is 19.8 Å². The molecule has 3 aliphatic rings. The summed E-state index contributed by atoms with van der Waals surface area (Å²) in [5.74, 6) is -2.05. The van der Waals surface area contributed by atoms with Gasteiger partial charge in [0.1, 0.15) is 6.04 Å². The van der Waals surface area contributed by atoms with Crippen LogP contribution in [0.25, 0.3) is 0 Å². The highest BCUT2D eigenvalue weighted by atomic mass is 79.9. The summed E-state index contributed by atoms with van der Waals surface area (Å²) in [6.45, 7) is 15.5. The van der Waals surface area contributed by atoms with Crippen LogP contribution in [0.3, 0.4) is 0 Å². The van der Waals surface area contributed by atoms with E-state index in [0.29, 0.717) is 19.6 Å². The molecule has 196 valence electrons. The Balaban J connectivity index is 1.98. The fourth-order valence-corrected chi connectivity index (χ4v) is 9.39. The first-order valence-electron chi connectivity index (χ1n) is 12.4. The molecule has 0 aromatic heterocycles. The molecule has 9 heteroatoms. The molecule has 3 aliphatic heterocycles. The predicted molar refractivity (Wildman–Crippen MR) is 142 cm³/mol.